The van der Waals surface area contributed by atoms with Crippen LogP contribution in [0.2, 0.25) is 5.02 Å². The fraction of sp³-hybridized carbons (Fsp3) is 0.500. The zero-order chi connectivity index (χ0) is 29.6. The zero-order valence-electron chi connectivity index (χ0n) is 24.7. The number of hydrogen-bond donors (Lipinski definition) is 1. The maximum Gasteiger partial charge on any atom is 0.260 e. The predicted molar refractivity (Wildman–Crippen MR) is 171 cm³/mol. The van der Waals surface area contributed by atoms with Crippen LogP contribution in [0.25, 0.3) is 6.08 Å². The molecule has 5 rings (SSSR count). The van der Waals surface area contributed by atoms with Gasteiger partial charge in [-0.1, -0.05) is 23.7 Å². The highest BCUT2D eigenvalue weighted by atomic mass is 35.5. The van der Waals surface area contributed by atoms with Crippen LogP contribution in [0.5, 0.6) is 11.5 Å². The second-order valence-electron chi connectivity index (χ2n) is 11.2. The Labute approximate surface area is 258 Å². The predicted octanol–water partition coefficient (Wildman–Crippen LogP) is 4.77. The fourth-order valence-corrected chi connectivity index (χ4v) is 7.86. The van der Waals surface area contributed by atoms with E-state index < -0.39 is 0 Å². The normalized spacial score (nSPS) is 24.0. The van der Waals surface area contributed by atoms with Crippen LogP contribution in [0.15, 0.2) is 47.4 Å². The summed E-state index contributed by atoms with van der Waals surface area (Å²) in [6.07, 6.45) is 5.32. The van der Waals surface area contributed by atoms with E-state index >= 15 is 0 Å². The van der Waals surface area contributed by atoms with Crippen molar-refractivity contribution in [1.82, 2.24) is 15.1 Å². The topological polar surface area (TPSA) is 74.4 Å². The third-order valence-corrected chi connectivity index (χ3v) is 10.3. The molecular formula is C32H41ClN4O4S. The minimum absolute atomic E-state index is 0.00699. The van der Waals surface area contributed by atoms with E-state index in [1.165, 1.54) is 5.69 Å². The molecule has 0 spiro atoms. The number of nitrogens with one attached hydrogen (secondary N) is 1. The molecule has 2 aromatic carbocycles. The summed E-state index contributed by atoms with van der Waals surface area (Å²) >= 11 is 7.80. The number of carbonyl (C=O) groups is 2. The van der Waals surface area contributed by atoms with Gasteiger partial charge in [0.25, 0.3) is 5.91 Å². The zero-order valence-corrected chi connectivity index (χ0v) is 26.3. The maximum atomic E-state index is 13.3. The van der Waals surface area contributed by atoms with E-state index in [1.807, 2.05) is 54.4 Å². The summed E-state index contributed by atoms with van der Waals surface area (Å²) in [7, 11) is 5.08. The van der Waals surface area contributed by atoms with Crippen LogP contribution < -0.4 is 19.7 Å². The molecule has 2 saturated heterocycles. The second kappa shape index (κ2) is 14.1. The number of methoxy groups -OCH3 is 2. The average Bonchev–Trinajstić information content (AvgIpc) is 3.01. The highest BCUT2D eigenvalue weighted by Crippen LogP contribution is 2.43. The van der Waals surface area contributed by atoms with Gasteiger partial charge < -0.3 is 24.6 Å². The molecular weight excluding hydrogens is 572 g/mol. The highest BCUT2D eigenvalue weighted by molar-refractivity contribution is 8.04. The maximum absolute atomic E-state index is 13.3. The molecule has 3 unspecified atom stereocenters. The lowest BCUT2D eigenvalue weighted by molar-refractivity contribution is -0.131. The molecule has 2 heterocycles. The highest BCUT2D eigenvalue weighted by Gasteiger charge is 2.42. The molecule has 42 heavy (non-hydrogen) atoms. The fourth-order valence-electron chi connectivity index (χ4n) is 6.19. The van der Waals surface area contributed by atoms with Gasteiger partial charge in [-0.15, -0.1) is 11.8 Å². The van der Waals surface area contributed by atoms with Crippen molar-refractivity contribution in [3.8, 4) is 11.5 Å². The van der Waals surface area contributed by atoms with Gasteiger partial charge in [-0.3, -0.25) is 14.5 Å². The van der Waals surface area contributed by atoms with Gasteiger partial charge in [-0.2, -0.15) is 0 Å². The quantitative estimate of drug-likeness (QED) is 0.323. The number of rotatable bonds is 9. The van der Waals surface area contributed by atoms with Gasteiger partial charge in [0.05, 0.1) is 19.1 Å². The molecule has 1 N–H and O–H groups in total. The number of hydrogen-bond acceptors (Lipinski definition) is 7. The molecule has 2 amide bonds. The largest absolute Gasteiger partial charge is 0.493 e. The van der Waals surface area contributed by atoms with Crippen LogP contribution >= 0.6 is 23.4 Å². The van der Waals surface area contributed by atoms with Gasteiger partial charge in [0, 0.05) is 67.7 Å². The number of likely N-dealkylation sites (N-methyl/N-ethyl adjacent to an activating group) is 1. The summed E-state index contributed by atoms with van der Waals surface area (Å²) in [5.41, 5.74) is 2.07. The van der Waals surface area contributed by atoms with Crippen LogP contribution in [0.4, 0.5) is 5.69 Å². The van der Waals surface area contributed by atoms with Crippen LogP contribution in [-0.2, 0) is 9.59 Å². The Kier molecular flexibility index (Phi) is 10.2. The van der Waals surface area contributed by atoms with Crippen LogP contribution in [0.3, 0.4) is 0 Å². The number of thioether (sulfide) groups is 1. The first-order chi connectivity index (χ1) is 20.4. The van der Waals surface area contributed by atoms with Crippen molar-refractivity contribution in [3.63, 3.8) is 0 Å². The standard InChI is InChI=1S/C32H41ClN4O4S/c1-35-26-20-23(9-11-29(26)42-30(32(35)39)19-22-8-10-27(40-2)28(18-22)41-3)31(38)34-12-5-13-36-14-16-37(17-15-36)25-7-4-6-24(33)21-25/h4,6-8,10,18-19,21,23,26,29H,5,9,11-17,20H2,1-3H3,(H,34,38)/b30-19-. The van der Waals surface area contributed by atoms with E-state index in [-0.39, 0.29) is 29.0 Å². The first-order valence-electron chi connectivity index (χ1n) is 14.7. The number of benzene rings is 2. The summed E-state index contributed by atoms with van der Waals surface area (Å²) < 4.78 is 10.8. The van der Waals surface area contributed by atoms with Crippen molar-refractivity contribution in [2.24, 2.45) is 5.92 Å². The van der Waals surface area contributed by atoms with E-state index in [4.69, 9.17) is 21.1 Å². The van der Waals surface area contributed by atoms with E-state index in [9.17, 15) is 9.59 Å². The summed E-state index contributed by atoms with van der Waals surface area (Å²) in [4.78, 5) is 33.8. The number of fused-ring (bicyclic) bond motifs is 1. The van der Waals surface area contributed by atoms with Crippen LogP contribution in [0.1, 0.15) is 31.2 Å². The Balaban J connectivity index is 1.06. The van der Waals surface area contributed by atoms with Crippen molar-refractivity contribution in [3.05, 3.63) is 58.0 Å². The third kappa shape index (κ3) is 7.18. The molecule has 3 fully saturated rings. The summed E-state index contributed by atoms with van der Waals surface area (Å²) in [5, 5.41) is 4.24. The average molecular weight is 613 g/mol. The number of anilines is 1. The SMILES string of the molecule is COc1ccc(/C=C2\SC3CCC(C(=O)NCCCN4CCN(c5cccc(Cl)c5)CC4)CC3N(C)C2=O)cc1OC. The van der Waals surface area contributed by atoms with E-state index in [2.05, 4.69) is 21.2 Å². The monoisotopic (exact) mass is 612 g/mol. The Morgan fingerprint density at radius 3 is 2.60 bits per heavy atom. The van der Waals surface area contributed by atoms with Crippen molar-refractivity contribution in [2.45, 2.75) is 37.0 Å². The van der Waals surface area contributed by atoms with Crippen LogP contribution in [0, 0.1) is 5.92 Å². The molecule has 0 bridgehead atoms. The van der Waals surface area contributed by atoms with Crippen LogP contribution in [-0.4, -0.2) is 93.4 Å². The van der Waals surface area contributed by atoms with Crippen molar-refractivity contribution < 1.29 is 19.1 Å². The molecule has 3 aliphatic rings. The number of amides is 2. The van der Waals surface area contributed by atoms with Crippen molar-refractivity contribution >= 4 is 46.9 Å². The molecule has 0 aromatic heterocycles. The first kappa shape index (κ1) is 30.6. The van der Waals surface area contributed by atoms with Crippen molar-refractivity contribution in [1.29, 1.82) is 0 Å². The van der Waals surface area contributed by atoms with E-state index in [1.54, 1.807) is 26.0 Å². The first-order valence-corrected chi connectivity index (χ1v) is 16.0. The number of nitrogens with zero attached hydrogens (tertiary/aromatic N) is 3. The third-order valence-electron chi connectivity index (χ3n) is 8.63. The summed E-state index contributed by atoms with van der Waals surface area (Å²) in [6, 6.07) is 13.8. The molecule has 10 heteroatoms. The Morgan fingerprint density at radius 1 is 1.07 bits per heavy atom. The lowest BCUT2D eigenvalue weighted by atomic mass is 9.83. The van der Waals surface area contributed by atoms with Gasteiger partial charge in [0.15, 0.2) is 11.5 Å². The van der Waals surface area contributed by atoms with E-state index in [0.29, 0.717) is 24.5 Å². The number of ether oxygens (including phenoxy) is 2. The van der Waals surface area contributed by atoms with Gasteiger partial charge >= 0.3 is 0 Å². The minimum Gasteiger partial charge on any atom is -0.493 e. The molecule has 1 aliphatic carbocycles. The van der Waals surface area contributed by atoms with Gasteiger partial charge in [0.1, 0.15) is 0 Å². The number of halogens is 1. The number of piperazine rings is 1. The molecule has 1 saturated carbocycles. The summed E-state index contributed by atoms with van der Waals surface area (Å²) in [6.45, 7) is 5.63. The molecule has 8 nitrogen and oxygen atoms in total. The minimum atomic E-state index is -0.0558. The van der Waals surface area contributed by atoms with Gasteiger partial charge in [0.2, 0.25) is 5.91 Å². The van der Waals surface area contributed by atoms with Gasteiger partial charge in [-0.25, -0.2) is 0 Å². The molecule has 0 radical (unpaired) electrons. The molecule has 2 aromatic rings. The molecule has 3 atom stereocenters. The number of carbonyl (C=O) groups excluding carboxylic acids is 2. The Morgan fingerprint density at radius 2 is 1.86 bits per heavy atom. The molecule has 2 aliphatic heterocycles. The Bertz CT molecular complexity index is 1300. The van der Waals surface area contributed by atoms with Gasteiger partial charge in [-0.05, 0) is 74.2 Å². The lowest BCUT2D eigenvalue weighted by Crippen LogP contribution is -2.52. The lowest BCUT2D eigenvalue weighted by Gasteiger charge is -2.44. The summed E-state index contributed by atoms with van der Waals surface area (Å²) in [5.74, 6) is 1.36. The molecule has 226 valence electrons. The van der Waals surface area contributed by atoms with E-state index in [0.717, 1.165) is 67.5 Å². The second-order valence-corrected chi connectivity index (χ2v) is 12.9. The van der Waals surface area contributed by atoms with Crippen molar-refractivity contribution in [2.75, 3.05) is 65.4 Å². The Hall–Kier alpha value is -2.88. The smallest absolute Gasteiger partial charge is 0.260 e.